The van der Waals surface area contributed by atoms with Crippen LogP contribution in [0.25, 0.3) is 0 Å². The van der Waals surface area contributed by atoms with Crippen LogP contribution in [-0.4, -0.2) is 13.1 Å². The molecule has 1 saturated heterocycles. The molecule has 1 aromatic rings. The maximum atomic E-state index is 5.92. The van der Waals surface area contributed by atoms with E-state index in [0.29, 0.717) is 0 Å². The number of anilines is 1. The second-order valence-corrected chi connectivity index (χ2v) is 6.54. The number of benzene rings is 1. The largest absolute Gasteiger partial charge is 0.370 e. The topological polar surface area (TPSA) is 29.3 Å². The van der Waals surface area contributed by atoms with Gasteiger partial charge < -0.3 is 10.6 Å². The minimum Gasteiger partial charge on any atom is -0.370 e. The highest BCUT2D eigenvalue weighted by Crippen LogP contribution is 2.33. The first-order chi connectivity index (χ1) is 8.49. The van der Waals surface area contributed by atoms with Crippen LogP contribution in [0.2, 0.25) is 0 Å². The van der Waals surface area contributed by atoms with Gasteiger partial charge in [0.25, 0.3) is 0 Å². The van der Waals surface area contributed by atoms with Crippen molar-refractivity contribution >= 4 is 21.6 Å². The highest BCUT2D eigenvalue weighted by Gasteiger charge is 2.23. The van der Waals surface area contributed by atoms with Crippen LogP contribution in [-0.2, 0) is 0 Å². The van der Waals surface area contributed by atoms with Crippen molar-refractivity contribution in [2.45, 2.75) is 33.2 Å². The summed E-state index contributed by atoms with van der Waals surface area (Å²) in [6, 6.07) is 6.59. The van der Waals surface area contributed by atoms with Crippen LogP contribution in [0.3, 0.4) is 0 Å². The van der Waals surface area contributed by atoms with Gasteiger partial charge in [-0.25, -0.2) is 0 Å². The first-order valence-electron chi connectivity index (χ1n) is 6.79. The Morgan fingerprint density at radius 3 is 2.61 bits per heavy atom. The standard InChI is InChI=1S/C15H23BrN2/c1-10-6-7-18(9-11(10)2)15-5-4-13(12(3)17)8-14(15)16/h4-5,8,10-12H,6-7,9,17H2,1-3H3/t10?,11?,12-/m0/s1. The van der Waals surface area contributed by atoms with E-state index in [1.54, 1.807) is 0 Å². The molecule has 0 aromatic heterocycles. The first kappa shape index (κ1) is 13.9. The Kier molecular flexibility index (Phi) is 4.33. The summed E-state index contributed by atoms with van der Waals surface area (Å²) in [5.41, 5.74) is 8.41. The van der Waals surface area contributed by atoms with E-state index in [2.05, 4.69) is 52.9 Å². The van der Waals surface area contributed by atoms with Crippen molar-refractivity contribution in [1.82, 2.24) is 0 Å². The summed E-state index contributed by atoms with van der Waals surface area (Å²) in [6.07, 6.45) is 1.28. The molecule has 100 valence electrons. The van der Waals surface area contributed by atoms with E-state index >= 15 is 0 Å². The molecule has 2 rings (SSSR count). The Balaban J connectivity index is 2.19. The van der Waals surface area contributed by atoms with Crippen LogP contribution in [0.15, 0.2) is 22.7 Å². The van der Waals surface area contributed by atoms with Gasteiger partial charge >= 0.3 is 0 Å². The maximum Gasteiger partial charge on any atom is 0.0510 e. The van der Waals surface area contributed by atoms with E-state index in [4.69, 9.17) is 5.73 Å². The third-order valence-electron chi connectivity index (χ3n) is 4.17. The highest BCUT2D eigenvalue weighted by atomic mass is 79.9. The normalized spacial score (nSPS) is 26.2. The number of rotatable bonds is 2. The van der Waals surface area contributed by atoms with Crippen LogP contribution in [0.1, 0.15) is 38.8 Å². The molecule has 2 unspecified atom stereocenters. The van der Waals surface area contributed by atoms with E-state index in [0.717, 1.165) is 24.9 Å². The van der Waals surface area contributed by atoms with E-state index in [-0.39, 0.29) is 6.04 Å². The predicted molar refractivity (Wildman–Crippen MR) is 81.9 cm³/mol. The van der Waals surface area contributed by atoms with Gasteiger partial charge in [-0.1, -0.05) is 19.9 Å². The quantitative estimate of drug-likeness (QED) is 0.896. The zero-order valence-electron chi connectivity index (χ0n) is 11.5. The second-order valence-electron chi connectivity index (χ2n) is 5.69. The van der Waals surface area contributed by atoms with Gasteiger partial charge in [-0.3, -0.25) is 0 Å². The van der Waals surface area contributed by atoms with Crippen LogP contribution in [0.4, 0.5) is 5.69 Å². The van der Waals surface area contributed by atoms with Crippen molar-refractivity contribution < 1.29 is 0 Å². The summed E-state index contributed by atoms with van der Waals surface area (Å²) >= 11 is 3.69. The van der Waals surface area contributed by atoms with Crippen molar-refractivity contribution in [2.24, 2.45) is 17.6 Å². The number of nitrogens with zero attached hydrogens (tertiary/aromatic N) is 1. The fourth-order valence-electron chi connectivity index (χ4n) is 2.54. The van der Waals surface area contributed by atoms with Gasteiger partial charge in [-0.05, 0) is 58.8 Å². The van der Waals surface area contributed by atoms with Gasteiger partial charge in [0.15, 0.2) is 0 Å². The Hall–Kier alpha value is -0.540. The van der Waals surface area contributed by atoms with Crippen molar-refractivity contribution in [1.29, 1.82) is 0 Å². The number of nitrogens with two attached hydrogens (primary N) is 1. The number of hydrogen-bond acceptors (Lipinski definition) is 2. The fourth-order valence-corrected chi connectivity index (χ4v) is 3.19. The first-order valence-corrected chi connectivity index (χ1v) is 7.58. The van der Waals surface area contributed by atoms with Gasteiger partial charge in [0.05, 0.1) is 5.69 Å². The predicted octanol–water partition coefficient (Wildman–Crippen LogP) is 3.95. The molecule has 18 heavy (non-hydrogen) atoms. The average molecular weight is 311 g/mol. The van der Waals surface area contributed by atoms with E-state index in [1.165, 1.54) is 22.1 Å². The van der Waals surface area contributed by atoms with Crippen molar-refractivity contribution in [2.75, 3.05) is 18.0 Å². The Bertz CT molecular complexity index is 417. The van der Waals surface area contributed by atoms with E-state index in [1.807, 2.05) is 6.92 Å². The smallest absolute Gasteiger partial charge is 0.0510 e. The molecule has 3 atom stereocenters. The van der Waals surface area contributed by atoms with Crippen molar-refractivity contribution in [3.63, 3.8) is 0 Å². The van der Waals surface area contributed by atoms with Crippen LogP contribution < -0.4 is 10.6 Å². The van der Waals surface area contributed by atoms with Gasteiger partial charge in [0.2, 0.25) is 0 Å². The Morgan fingerprint density at radius 1 is 1.33 bits per heavy atom. The lowest BCUT2D eigenvalue weighted by atomic mass is 9.88. The van der Waals surface area contributed by atoms with E-state index < -0.39 is 0 Å². The zero-order valence-corrected chi connectivity index (χ0v) is 13.1. The molecule has 0 radical (unpaired) electrons. The summed E-state index contributed by atoms with van der Waals surface area (Å²) in [5.74, 6) is 1.60. The third-order valence-corrected chi connectivity index (χ3v) is 4.81. The maximum absolute atomic E-state index is 5.92. The Labute approximate surface area is 119 Å². The molecule has 1 aromatic carbocycles. The molecule has 1 aliphatic heterocycles. The number of halogens is 1. The molecular weight excluding hydrogens is 288 g/mol. The number of piperidine rings is 1. The lowest BCUT2D eigenvalue weighted by Gasteiger charge is -2.37. The summed E-state index contributed by atoms with van der Waals surface area (Å²) < 4.78 is 1.17. The average Bonchev–Trinajstić information content (AvgIpc) is 2.32. The Morgan fingerprint density at radius 2 is 2.06 bits per heavy atom. The van der Waals surface area contributed by atoms with Gasteiger partial charge in [-0.2, -0.15) is 0 Å². The van der Waals surface area contributed by atoms with Gasteiger partial charge in [0.1, 0.15) is 0 Å². The highest BCUT2D eigenvalue weighted by molar-refractivity contribution is 9.10. The van der Waals surface area contributed by atoms with Crippen molar-refractivity contribution in [3.05, 3.63) is 28.2 Å². The minimum absolute atomic E-state index is 0.0932. The zero-order chi connectivity index (χ0) is 13.3. The molecule has 2 nitrogen and oxygen atoms in total. The molecule has 0 aliphatic carbocycles. The lowest BCUT2D eigenvalue weighted by molar-refractivity contribution is 0.324. The van der Waals surface area contributed by atoms with E-state index in [9.17, 15) is 0 Å². The van der Waals surface area contributed by atoms with Crippen LogP contribution >= 0.6 is 15.9 Å². The van der Waals surface area contributed by atoms with Gasteiger partial charge in [0, 0.05) is 23.6 Å². The molecule has 1 heterocycles. The monoisotopic (exact) mass is 310 g/mol. The molecule has 0 bridgehead atoms. The number of hydrogen-bond donors (Lipinski definition) is 1. The molecular formula is C15H23BrN2. The second kappa shape index (κ2) is 5.62. The fraction of sp³-hybridized carbons (Fsp3) is 0.600. The minimum atomic E-state index is 0.0932. The third kappa shape index (κ3) is 2.89. The summed E-state index contributed by atoms with van der Waals surface area (Å²) in [6.45, 7) is 9.03. The van der Waals surface area contributed by atoms with Crippen LogP contribution in [0.5, 0.6) is 0 Å². The summed E-state index contributed by atoms with van der Waals surface area (Å²) in [4.78, 5) is 2.49. The SMILES string of the molecule is CC1CCN(c2ccc([C@H](C)N)cc2Br)CC1C. The molecule has 2 N–H and O–H groups in total. The molecule has 0 amide bonds. The lowest BCUT2D eigenvalue weighted by Crippen LogP contribution is -2.38. The molecule has 0 saturated carbocycles. The van der Waals surface area contributed by atoms with Gasteiger partial charge in [-0.15, -0.1) is 0 Å². The summed E-state index contributed by atoms with van der Waals surface area (Å²) in [7, 11) is 0. The van der Waals surface area contributed by atoms with Crippen LogP contribution in [0, 0.1) is 11.8 Å². The molecule has 1 aliphatic rings. The van der Waals surface area contributed by atoms with Crippen molar-refractivity contribution in [3.8, 4) is 0 Å². The molecule has 0 spiro atoms. The molecule has 3 heteroatoms. The molecule has 1 fully saturated rings. The summed E-state index contributed by atoms with van der Waals surface area (Å²) in [5, 5.41) is 0.